The van der Waals surface area contributed by atoms with Crippen LogP contribution in [0.3, 0.4) is 0 Å². The molecule has 1 amide bonds. The number of halogens is 1. The van der Waals surface area contributed by atoms with Crippen LogP contribution < -0.4 is 19.7 Å². The molecule has 0 bridgehead atoms. The zero-order valence-corrected chi connectivity index (χ0v) is 18.7. The van der Waals surface area contributed by atoms with Crippen molar-refractivity contribution in [1.82, 2.24) is 14.8 Å². The topological polar surface area (TPSA) is 90.7 Å². The molecule has 172 valence electrons. The van der Waals surface area contributed by atoms with Crippen LogP contribution in [0.1, 0.15) is 6.92 Å². The molecule has 2 aromatic carbocycles. The molecular weight excluding hydrogens is 449 g/mol. The lowest BCUT2D eigenvalue weighted by molar-refractivity contribution is -0.115. The number of amides is 1. The normalized spacial score (nSPS) is 16.0. The number of anilines is 2. The van der Waals surface area contributed by atoms with Crippen LogP contribution >= 0.6 is 11.8 Å². The summed E-state index contributed by atoms with van der Waals surface area (Å²) in [6, 6.07) is 11.5. The van der Waals surface area contributed by atoms with Crippen molar-refractivity contribution in [2.75, 3.05) is 43.3 Å². The second-order valence-electron chi connectivity index (χ2n) is 7.51. The van der Waals surface area contributed by atoms with E-state index in [9.17, 15) is 9.18 Å². The predicted octanol–water partition coefficient (Wildman–Crippen LogP) is 3.09. The number of carbonyl (C=O) groups is 1. The van der Waals surface area contributed by atoms with E-state index in [4.69, 9.17) is 14.2 Å². The summed E-state index contributed by atoms with van der Waals surface area (Å²) in [6.07, 6.45) is 0. The number of benzene rings is 2. The number of nitrogens with zero attached hydrogens (tertiary/aromatic N) is 4. The second-order valence-corrected chi connectivity index (χ2v) is 8.82. The van der Waals surface area contributed by atoms with Crippen molar-refractivity contribution < 1.29 is 23.4 Å². The van der Waals surface area contributed by atoms with Crippen molar-refractivity contribution in [3.8, 4) is 17.2 Å². The molecule has 0 radical (unpaired) electrons. The largest absolute Gasteiger partial charge is 0.454 e. The minimum Gasteiger partial charge on any atom is -0.454 e. The van der Waals surface area contributed by atoms with E-state index in [2.05, 4.69) is 15.5 Å². The van der Waals surface area contributed by atoms with E-state index in [1.54, 1.807) is 41.8 Å². The molecule has 3 aromatic rings. The summed E-state index contributed by atoms with van der Waals surface area (Å²) in [6.45, 7) is 4.41. The van der Waals surface area contributed by atoms with Gasteiger partial charge < -0.3 is 24.4 Å². The number of aromatic nitrogens is 3. The maximum Gasteiger partial charge on any atom is 0.237 e. The molecule has 1 saturated heterocycles. The van der Waals surface area contributed by atoms with Gasteiger partial charge in [0.1, 0.15) is 5.82 Å². The Morgan fingerprint density at radius 2 is 1.94 bits per heavy atom. The molecule has 2 aliphatic heterocycles. The van der Waals surface area contributed by atoms with Crippen LogP contribution in [0.4, 0.5) is 16.0 Å². The minimum absolute atomic E-state index is 0.167. The highest BCUT2D eigenvalue weighted by molar-refractivity contribution is 8.00. The average Bonchev–Trinajstić information content (AvgIpc) is 3.46. The molecule has 0 aliphatic carbocycles. The van der Waals surface area contributed by atoms with Crippen LogP contribution in [0.15, 0.2) is 47.6 Å². The first-order valence-corrected chi connectivity index (χ1v) is 11.4. The van der Waals surface area contributed by atoms with E-state index in [0.717, 1.165) is 0 Å². The fourth-order valence-corrected chi connectivity index (χ4v) is 4.44. The van der Waals surface area contributed by atoms with Crippen LogP contribution in [-0.2, 0) is 9.53 Å². The zero-order chi connectivity index (χ0) is 22.8. The molecule has 5 rings (SSSR count). The molecule has 9 nitrogen and oxygen atoms in total. The number of carbonyl (C=O) groups excluding carboxylic acids is 1. The van der Waals surface area contributed by atoms with Gasteiger partial charge in [0, 0.05) is 24.8 Å². The number of ether oxygens (including phenoxy) is 3. The smallest absolute Gasteiger partial charge is 0.237 e. The lowest BCUT2D eigenvalue weighted by Crippen LogP contribution is -2.38. The third kappa shape index (κ3) is 4.60. The molecular formula is C22H22FN5O4S. The van der Waals surface area contributed by atoms with E-state index < -0.39 is 5.25 Å². The van der Waals surface area contributed by atoms with Crippen LogP contribution in [0.2, 0.25) is 0 Å². The lowest BCUT2D eigenvalue weighted by atomic mass is 10.2. The Kier molecular flexibility index (Phi) is 6.05. The number of rotatable bonds is 6. The van der Waals surface area contributed by atoms with Crippen molar-refractivity contribution in [1.29, 1.82) is 0 Å². The molecule has 3 heterocycles. The maximum atomic E-state index is 14.0. The van der Waals surface area contributed by atoms with Gasteiger partial charge in [-0.2, -0.15) is 0 Å². The maximum absolute atomic E-state index is 14.0. The zero-order valence-electron chi connectivity index (χ0n) is 17.9. The Morgan fingerprint density at radius 3 is 2.76 bits per heavy atom. The Bertz CT molecular complexity index is 1170. The molecule has 1 unspecified atom stereocenters. The van der Waals surface area contributed by atoms with Crippen molar-refractivity contribution >= 4 is 29.3 Å². The van der Waals surface area contributed by atoms with Gasteiger partial charge in [-0.25, -0.2) is 4.39 Å². The number of hydrogen-bond acceptors (Lipinski definition) is 8. The van der Waals surface area contributed by atoms with Crippen LogP contribution in [-0.4, -0.2) is 59.0 Å². The van der Waals surface area contributed by atoms with Crippen LogP contribution in [0, 0.1) is 5.82 Å². The Hall–Kier alpha value is -3.31. The van der Waals surface area contributed by atoms with Gasteiger partial charge in [0.05, 0.1) is 24.2 Å². The second kappa shape index (κ2) is 9.28. The monoisotopic (exact) mass is 471 g/mol. The molecule has 1 aromatic heterocycles. The molecule has 1 fully saturated rings. The highest BCUT2D eigenvalue weighted by Gasteiger charge is 2.25. The average molecular weight is 472 g/mol. The van der Waals surface area contributed by atoms with Crippen molar-refractivity contribution in [3.63, 3.8) is 0 Å². The number of hydrogen-bond donors (Lipinski definition) is 1. The molecule has 33 heavy (non-hydrogen) atoms. The Labute approximate surface area is 193 Å². The van der Waals surface area contributed by atoms with Crippen LogP contribution in [0.25, 0.3) is 5.69 Å². The molecule has 2 aliphatic rings. The minimum atomic E-state index is -0.496. The molecule has 1 atom stereocenters. The first-order valence-electron chi connectivity index (χ1n) is 10.5. The van der Waals surface area contributed by atoms with E-state index in [1.165, 1.54) is 23.9 Å². The number of nitrogens with one attached hydrogen (secondary N) is 1. The molecule has 11 heteroatoms. The summed E-state index contributed by atoms with van der Waals surface area (Å²) in [5, 5.41) is 11.6. The van der Waals surface area contributed by atoms with Gasteiger partial charge >= 0.3 is 0 Å². The fraction of sp³-hybridized carbons (Fsp3) is 0.318. The van der Waals surface area contributed by atoms with Crippen LogP contribution in [0.5, 0.6) is 11.5 Å². The third-order valence-corrected chi connectivity index (χ3v) is 6.31. The first-order chi connectivity index (χ1) is 16.1. The standard InChI is InChI=1S/C22H22FN5O4S/c1-14(20(29)24-16-5-6-18-19(12-16)32-13-31-18)33-22-26-25-21(27-7-9-30-10-8-27)28(22)17-4-2-3-15(23)11-17/h2-6,11-12,14H,7-10,13H2,1H3,(H,24,29). The number of fused-ring (bicyclic) bond motifs is 1. The van der Waals surface area contributed by atoms with Gasteiger partial charge in [0.2, 0.25) is 18.6 Å². The predicted molar refractivity (Wildman–Crippen MR) is 121 cm³/mol. The van der Waals surface area contributed by atoms with Gasteiger partial charge in [-0.1, -0.05) is 17.8 Å². The SMILES string of the molecule is CC(Sc1nnc(N2CCOCC2)n1-c1cccc(F)c1)C(=O)Nc1ccc2c(c1)OCO2. The van der Waals surface area contributed by atoms with E-state index in [1.807, 2.05) is 4.90 Å². The van der Waals surface area contributed by atoms with Gasteiger partial charge in [-0.3, -0.25) is 9.36 Å². The summed E-state index contributed by atoms with van der Waals surface area (Å²) >= 11 is 1.25. The van der Waals surface area contributed by atoms with Crippen molar-refractivity contribution in [2.45, 2.75) is 17.3 Å². The van der Waals surface area contributed by atoms with Gasteiger partial charge in [-0.15, -0.1) is 10.2 Å². The number of thioether (sulfide) groups is 1. The summed E-state index contributed by atoms with van der Waals surface area (Å²) < 4.78 is 31.9. The third-order valence-electron chi connectivity index (χ3n) is 5.27. The lowest BCUT2D eigenvalue weighted by Gasteiger charge is -2.28. The highest BCUT2D eigenvalue weighted by atomic mass is 32.2. The summed E-state index contributed by atoms with van der Waals surface area (Å²) in [7, 11) is 0. The molecule has 0 saturated carbocycles. The van der Waals surface area contributed by atoms with Gasteiger partial charge in [-0.05, 0) is 37.3 Å². The Balaban J connectivity index is 1.38. The fourth-order valence-electron chi connectivity index (χ4n) is 3.58. The summed E-state index contributed by atoms with van der Waals surface area (Å²) in [5.74, 6) is 1.26. The summed E-state index contributed by atoms with van der Waals surface area (Å²) in [4.78, 5) is 14.9. The molecule has 1 N–H and O–H groups in total. The van der Waals surface area contributed by atoms with Crippen molar-refractivity contribution in [3.05, 3.63) is 48.3 Å². The van der Waals surface area contributed by atoms with Gasteiger partial charge in [0.15, 0.2) is 16.7 Å². The Morgan fingerprint density at radius 1 is 1.12 bits per heavy atom. The highest BCUT2D eigenvalue weighted by Crippen LogP contribution is 2.35. The quantitative estimate of drug-likeness (QED) is 0.549. The van der Waals surface area contributed by atoms with E-state index >= 15 is 0 Å². The number of morpholine rings is 1. The first kappa shape index (κ1) is 21.5. The summed E-state index contributed by atoms with van der Waals surface area (Å²) in [5.41, 5.74) is 1.20. The van der Waals surface area contributed by atoms with E-state index in [-0.39, 0.29) is 18.5 Å². The van der Waals surface area contributed by atoms with Gasteiger partial charge in [0.25, 0.3) is 0 Å². The van der Waals surface area contributed by atoms with Crippen molar-refractivity contribution in [2.24, 2.45) is 0 Å². The molecule has 0 spiro atoms. The van der Waals surface area contributed by atoms with E-state index in [0.29, 0.717) is 60.3 Å².